The summed E-state index contributed by atoms with van der Waals surface area (Å²) in [6.07, 6.45) is 4.93. The van der Waals surface area contributed by atoms with Crippen molar-refractivity contribution < 1.29 is 28.2 Å². The van der Waals surface area contributed by atoms with E-state index in [1.807, 2.05) is 12.1 Å². The average Bonchev–Trinajstić information content (AvgIpc) is 3.52. The number of hydrogen-bond donors (Lipinski definition) is 0. The molecule has 1 aromatic heterocycles. The summed E-state index contributed by atoms with van der Waals surface area (Å²) in [5.41, 5.74) is 1.56. The van der Waals surface area contributed by atoms with Gasteiger partial charge in [-0.1, -0.05) is 6.07 Å². The number of ether oxygens (including phenoxy) is 4. The zero-order valence-electron chi connectivity index (χ0n) is 20.3. The van der Waals surface area contributed by atoms with Gasteiger partial charge in [0.1, 0.15) is 5.76 Å². The number of amidine groups is 1. The van der Waals surface area contributed by atoms with Gasteiger partial charge in [-0.05, 0) is 71.4 Å². The molecule has 0 bridgehead atoms. The molecule has 0 spiro atoms. The number of benzene rings is 2. The Morgan fingerprint density at radius 1 is 0.889 bits per heavy atom. The summed E-state index contributed by atoms with van der Waals surface area (Å²) in [6, 6.07) is 14.4. The third-order valence-electron chi connectivity index (χ3n) is 5.25. The second-order valence-electron chi connectivity index (χ2n) is 7.44. The van der Waals surface area contributed by atoms with E-state index in [1.165, 1.54) is 16.7 Å². The Hall–Kier alpha value is -4.18. The smallest absolute Gasteiger partial charge is 0.267 e. The van der Waals surface area contributed by atoms with Gasteiger partial charge in [0.2, 0.25) is 0 Å². The minimum absolute atomic E-state index is 0.203. The van der Waals surface area contributed by atoms with E-state index in [2.05, 4.69) is 10.2 Å². The minimum atomic E-state index is -0.203. The first kappa shape index (κ1) is 24.9. The van der Waals surface area contributed by atoms with Crippen LogP contribution in [0.25, 0.3) is 6.08 Å². The Kier molecular flexibility index (Phi) is 7.96. The lowest BCUT2D eigenvalue weighted by molar-refractivity contribution is -0.122. The zero-order valence-corrected chi connectivity index (χ0v) is 21.1. The predicted molar refractivity (Wildman–Crippen MR) is 139 cm³/mol. The number of amides is 1. The molecule has 9 nitrogen and oxygen atoms in total. The molecule has 36 heavy (non-hydrogen) atoms. The fourth-order valence-corrected chi connectivity index (χ4v) is 4.39. The number of carbonyl (C=O) groups excluding carboxylic acids is 1. The molecule has 2 aromatic carbocycles. The van der Waals surface area contributed by atoms with E-state index in [0.717, 1.165) is 11.1 Å². The number of methoxy groups -OCH3 is 4. The molecule has 1 aliphatic rings. The van der Waals surface area contributed by atoms with Crippen LogP contribution in [0.15, 0.2) is 74.3 Å². The number of furan rings is 1. The van der Waals surface area contributed by atoms with Crippen LogP contribution in [-0.4, -0.2) is 50.6 Å². The van der Waals surface area contributed by atoms with E-state index in [1.54, 1.807) is 83.4 Å². The lowest BCUT2D eigenvalue weighted by atomic mass is 10.2. The van der Waals surface area contributed by atoms with Crippen molar-refractivity contribution in [1.82, 2.24) is 4.90 Å². The first-order chi connectivity index (χ1) is 17.6. The van der Waals surface area contributed by atoms with Gasteiger partial charge in [-0.15, -0.1) is 5.10 Å². The molecule has 0 N–H and O–H groups in total. The second kappa shape index (κ2) is 11.5. The summed E-state index contributed by atoms with van der Waals surface area (Å²) in [5.74, 6) is 2.81. The van der Waals surface area contributed by atoms with Crippen LogP contribution in [0.4, 0.5) is 0 Å². The Morgan fingerprint density at radius 3 is 2.14 bits per heavy atom. The van der Waals surface area contributed by atoms with Crippen LogP contribution in [0.1, 0.15) is 16.9 Å². The molecule has 1 fully saturated rings. The van der Waals surface area contributed by atoms with Crippen molar-refractivity contribution in [3.63, 3.8) is 0 Å². The fraction of sp³-hybridized carbons (Fsp3) is 0.192. The van der Waals surface area contributed by atoms with Crippen molar-refractivity contribution in [1.29, 1.82) is 0 Å². The van der Waals surface area contributed by atoms with Gasteiger partial charge < -0.3 is 23.4 Å². The van der Waals surface area contributed by atoms with Gasteiger partial charge in [-0.25, -0.2) is 0 Å². The Balaban J connectivity index is 1.62. The summed E-state index contributed by atoms with van der Waals surface area (Å²) >= 11 is 1.23. The lowest BCUT2D eigenvalue weighted by Gasteiger charge is -2.12. The first-order valence-electron chi connectivity index (χ1n) is 10.8. The van der Waals surface area contributed by atoms with Crippen LogP contribution in [0, 0.1) is 0 Å². The van der Waals surface area contributed by atoms with Gasteiger partial charge >= 0.3 is 0 Å². The van der Waals surface area contributed by atoms with Crippen LogP contribution >= 0.6 is 11.8 Å². The molecule has 0 radical (unpaired) electrons. The highest BCUT2D eigenvalue weighted by atomic mass is 32.2. The molecule has 1 aliphatic heterocycles. The van der Waals surface area contributed by atoms with Crippen molar-refractivity contribution >= 4 is 35.1 Å². The molecule has 186 valence electrons. The quantitative estimate of drug-likeness (QED) is 0.233. The maximum absolute atomic E-state index is 13.3. The van der Waals surface area contributed by atoms with E-state index in [-0.39, 0.29) is 12.5 Å². The van der Waals surface area contributed by atoms with Crippen LogP contribution in [-0.2, 0) is 11.3 Å². The predicted octanol–water partition coefficient (Wildman–Crippen LogP) is 4.82. The first-order valence-corrected chi connectivity index (χ1v) is 11.7. The van der Waals surface area contributed by atoms with E-state index < -0.39 is 0 Å². The Labute approximate surface area is 213 Å². The average molecular weight is 508 g/mol. The second-order valence-corrected chi connectivity index (χ2v) is 8.45. The number of nitrogens with zero attached hydrogens (tertiary/aromatic N) is 3. The number of thioether (sulfide) groups is 1. The maximum Gasteiger partial charge on any atom is 0.267 e. The molecule has 0 atom stereocenters. The van der Waals surface area contributed by atoms with E-state index in [0.29, 0.717) is 38.8 Å². The highest BCUT2D eigenvalue weighted by molar-refractivity contribution is 8.18. The highest BCUT2D eigenvalue weighted by Gasteiger charge is 2.34. The molecule has 0 unspecified atom stereocenters. The van der Waals surface area contributed by atoms with E-state index in [9.17, 15) is 4.79 Å². The molecular formula is C26H25N3O6S. The van der Waals surface area contributed by atoms with Gasteiger partial charge in [0.15, 0.2) is 28.2 Å². The molecule has 0 aliphatic carbocycles. The Morgan fingerprint density at radius 2 is 1.53 bits per heavy atom. The summed E-state index contributed by atoms with van der Waals surface area (Å²) in [7, 11) is 6.28. The largest absolute Gasteiger partial charge is 0.493 e. The molecule has 1 amide bonds. The topological polar surface area (TPSA) is 95.1 Å². The van der Waals surface area contributed by atoms with Gasteiger partial charge in [0.25, 0.3) is 5.91 Å². The van der Waals surface area contributed by atoms with Crippen molar-refractivity contribution in [3.05, 3.63) is 76.6 Å². The van der Waals surface area contributed by atoms with Crippen LogP contribution in [0.3, 0.4) is 0 Å². The standard InChI is InChI=1S/C26H25N3O6S/c1-31-20-9-7-17(12-22(20)33-3)14-24-25(30)29(16-19-6-5-11-35-19)26(36-24)28-27-15-18-8-10-21(32-2)23(13-18)34-4/h5-15H,16H2,1-4H3/b24-14-,27-15-,28-26+. The fourth-order valence-electron chi connectivity index (χ4n) is 3.45. The molecule has 0 saturated carbocycles. The molecule has 4 rings (SSSR count). The third kappa shape index (κ3) is 5.55. The van der Waals surface area contributed by atoms with Crippen LogP contribution in [0.5, 0.6) is 23.0 Å². The van der Waals surface area contributed by atoms with E-state index >= 15 is 0 Å². The lowest BCUT2D eigenvalue weighted by Crippen LogP contribution is -2.28. The monoisotopic (exact) mass is 507 g/mol. The van der Waals surface area contributed by atoms with Gasteiger partial charge in [0, 0.05) is 0 Å². The maximum atomic E-state index is 13.3. The number of hydrogen-bond acceptors (Lipinski definition) is 9. The van der Waals surface area contributed by atoms with Crippen LogP contribution in [0.2, 0.25) is 0 Å². The molecular weight excluding hydrogens is 482 g/mol. The summed E-state index contributed by atoms with van der Waals surface area (Å²) < 4.78 is 26.7. The van der Waals surface area contributed by atoms with Gasteiger partial charge in [0.05, 0.1) is 52.4 Å². The van der Waals surface area contributed by atoms with Crippen molar-refractivity contribution in [2.24, 2.45) is 10.2 Å². The normalized spacial score (nSPS) is 15.8. The number of rotatable bonds is 9. The zero-order chi connectivity index (χ0) is 25.5. The van der Waals surface area contributed by atoms with Crippen molar-refractivity contribution in [3.8, 4) is 23.0 Å². The number of carbonyl (C=O) groups is 1. The molecule has 10 heteroatoms. The molecule has 3 aromatic rings. The molecule has 1 saturated heterocycles. The summed E-state index contributed by atoms with van der Waals surface area (Å²) in [6.45, 7) is 0.229. The Bertz CT molecular complexity index is 1320. The SMILES string of the molecule is COc1ccc(/C=N\N=C2\S/C(=C\c3ccc(OC)c(OC)c3)C(=O)N2Cc2ccco2)cc1OC. The van der Waals surface area contributed by atoms with Gasteiger partial charge in [-0.2, -0.15) is 5.10 Å². The summed E-state index contributed by atoms with van der Waals surface area (Å²) in [5, 5.41) is 8.98. The van der Waals surface area contributed by atoms with Crippen LogP contribution < -0.4 is 18.9 Å². The van der Waals surface area contributed by atoms with E-state index in [4.69, 9.17) is 23.4 Å². The summed E-state index contributed by atoms with van der Waals surface area (Å²) in [4.78, 5) is 15.3. The minimum Gasteiger partial charge on any atom is -0.493 e. The van der Waals surface area contributed by atoms with Gasteiger partial charge in [-0.3, -0.25) is 9.69 Å². The third-order valence-corrected chi connectivity index (χ3v) is 6.24. The highest BCUT2D eigenvalue weighted by Crippen LogP contribution is 2.35. The van der Waals surface area contributed by atoms with Crippen molar-refractivity contribution in [2.45, 2.75) is 6.54 Å². The van der Waals surface area contributed by atoms with Crippen molar-refractivity contribution in [2.75, 3.05) is 28.4 Å². The molecule has 2 heterocycles.